The molecule has 0 aliphatic carbocycles. The van der Waals surface area contributed by atoms with Crippen molar-refractivity contribution in [3.8, 4) is 0 Å². The number of aryl methyl sites for hydroxylation is 1. The Kier molecular flexibility index (Phi) is 5.49. The van der Waals surface area contributed by atoms with Gasteiger partial charge >= 0.3 is 0 Å². The molecule has 2 fully saturated rings. The van der Waals surface area contributed by atoms with Crippen molar-refractivity contribution < 1.29 is 18.7 Å². The van der Waals surface area contributed by atoms with Crippen LogP contribution in [0.4, 0.5) is 21.5 Å². The summed E-state index contributed by atoms with van der Waals surface area (Å²) < 4.78 is 19.3. The number of carbonyl (C=O) groups excluding carboxylic acids is 2. The summed E-state index contributed by atoms with van der Waals surface area (Å²) >= 11 is 0. The Hall–Kier alpha value is -2.93. The van der Waals surface area contributed by atoms with Crippen LogP contribution in [0.15, 0.2) is 42.5 Å². The predicted octanol–water partition coefficient (Wildman–Crippen LogP) is 2.96. The molecule has 2 aromatic carbocycles. The van der Waals surface area contributed by atoms with Crippen LogP contribution < -0.4 is 15.1 Å². The molecule has 2 aliphatic heterocycles. The summed E-state index contributed by atoms with van der Waals surface area (Å²) in [5, 5.41) is 2.99. The van der Waals surface area contributed by atoms with E-state index in [2.05, 4.69) is 10.2 Å². The third kappa shape index (κ3) is 4.10. The Morgan fingerprint density at radius 2 is 1.93 bits per heavy atom. The topological polar surface area (TPSA) is 61.9 Å². The minimum absolute atomic E-state index is 0.112. The summed E-state index contributed by atoms with van der Waals surface area (Å²) in [6, 6.07) is 12.4. The quantitative estimate of drug-likeness (QED) is 0.862. The SMILES string of the molecule is Cc1ccc(N2CC(C(=O)Nc3ccccc3N3CCOCC3)CC2=O)cc1F. The lowest BCUT2D eigenvalue weighted by molar-refractivity contribution is -0.122. The maximum atomic E-state index is 13.9. The highest BCUT2D eigenvalue weighted by Crippen LogP contribution is 2.30. The summed E-state index contributed by atoms with van der Waals surface area (Å²) in [5.74, 6) is -1.21. The summed E-state index contributed by atoms with van der Waals surface area (Å²) in [4.78, 5) is 29.0. The van der Waals surface area contributed by atoms with Gasteiger partial charge < -0.3 is 19.9 Å². The average molecular weight is 397 g/mol. The highest BCUT2D eigenvalue weighted by Gasteiger charge is 2.35. The summed E-state index contributed by atoms with van der Waals surface area (Å²) in [6.07, 6.45) is 0.112. The van der Waals surface area contributed by atoms with Crippen molar-refractivity contribution in [2.45, 2.75) is 13.3 Å². The zero-order valence-corrected chi connectivity index (χ0v) is 16.4. The molecule has 4 rings (SSSR count). The molecule has 0 saturated carbocycles. The Labute approximate surface area is 169 Å². The molecule has 0 aromatic heterocycles. The highest BCUT2D eigenvalue weighted by atomic mass is 19.1. The van der Waals surface area contributed by atoms with E-state index in [9.17, 15) is 14.0 Å². The van der Waals surface area contributed by atoms with Crippen molar-refractivity contribution in [1.29, 1.82) is 0 Å². The van der Waals surface area contributed by atoms with Crippen molar-refractivity contribution in [2.75, 3.05) is 48.0 Å². The maximum absolute atomic E-state index is 13.9. The number of amides is 2. The van der Waals surface area contributed by atoms with Gasteiger partial charge in [-0.25, -0.2) is 4.39 Å². The van der Waals surface area contributed by atoms with E-state index in [0.717, 1.165) is 24.5 Å². The number of para-hydroxylation sites is 2. The maximum Gasteiger partial charge on any atom is 0.229 e. The zero-order valence-electron chi connectivity index (χ0n) is 16.4. The monoisotopic (exact) mass is 397 g/mol. The van der Waals surface area contributed by atoms with E-state index in [-0.39, 0.29) is 30.6 Å². The van der Waals surface area contributed by atoms with E-state index in [4.69, 9.17) is 4.74 Å². The molecule has 7 heteroatoms. The Morgan fingerprint density at radius 3 is 2.69 bits per heavy atom. The van der Waals surface area contributed by atoms with Crippen LogP contribution in [-0.2, 0) is 14.3 Å². The Morgan fingerprint density at radius 1 is 1.17 bits per heavy atom. The molecule has 0 radical (unpaired) electrons. The van der Waals surface area contributed by atoms with Crippen molar-refractivity contribution >= 4 is 28.9 Å². The molecule has 2 aromatic rings. The number of ether oxygens (including phenoxy) is 1. The number of morpholine rings is 1. The Bertz CT molecular complexity index is 927. The predicted molar refractivity (Wildman–Crippen MR) is 110 cm³/mol. The van der Waals surface area contributed by atoms with Crippen molar-refractivity contribution in [2.24, 2.45) is 5.92 Å². The molecule has 1 N–H and O–H groups in total. The second-order valence-electron chi connectivity index (χ2n) is 7.44. The fourth-order valence-corrected chi connectivity index (χ4v) is 3.78. The van der Waals surface area contributed by atoms with Crippen LogP contribution >= 0.6 is 0 Å². The number of benzene rings is 2. The van der Waals surface area contributed by atoms with Gasteiger partial charge in [-0.2, -0.15) is 0 Å². The molecule has 0 bridgehead atoms. The van der Waals surface area contributed by atoms with Crippen LogP contribution in [0.5, 0.6) is 0 Å². The lowest BCUT2D eigenvalue weighted by atomic mass is 10.1. The van der Waals surface area contributed by atoms with Crippen LogP contribution in [0.25, 0.3) is 0 Å². The van der Waals surface area contributed by atoms with Crippen molar-refractivity contribution in [3.63, 3.8) is 0 Å². The number of nitrogens with one attached hydrogen (secondary N) is 1. The van der Waals surface area contributed by atoms with Crippen LogP contribution in [0.2, 0.25) is 0 Å². The normalized spacial score (nSPS) is 19.5. The van der Waals surface area contributed by atoms with Crippen LogP contribution in [0.3, 0.4) is 0 Å². The molecule has 2 amide bonds. The molecule has 2 aliphatic rings. The van der Waals surface area contributed by atoms with E-state index in [1.807, 2.05) is 24.3 Å². The van der Waals surface area contributed by atoms with Gasteiger partial charge in [0.1, 0.15) is 5.82 Å². The fourth-order valence-electron chi connectivity index (χ4n) is 3.78. The minimum Gasteiger partial charge on any atom is -0.378 e. The molecular formula is C22H24FN3O3. The first-order chi connectivity index (χ1) is 14.0. The molecule has 6 nitrogen and oxygen atoms in total. The van der Waals surface area contributed by atoms with Gasteiger partial charge in [0, 0.05) is 31.7 Å². The summed E-state index contributed by atoms with van der Waals surface area (Å²) in [5.41, 5.74) is 2.69. The lowest BCUT2D eigenvalue weighted by Crippen LogP contribution is -2.37. The minimum atomic E-state index is -0.482. The van der Waals surface area contributed by atoms with E-state index in [0.29, 0.717) is 24.5 Å². The van der Waals surface area contributed by atoms with E-state index >= 15 is 0 Å². The molecule has 29 heavy (non-hydrogen) atoms. The smallest absolute Gasteiger partial charge is 0.229 e. The van der Waals surface area contributed by atoms with E-state index in [1.54, 1.807) is 19.1 Å². The largest absolute Gasteiger partial charge is 0.378 e. The first-order valence-corrected chi connectivity index (χ1v) is 9.82. The van der Waals surface area contributed by atoms with Gasteiger partial charge in [0.2, 0.25) is 11.8 Å². The number of hydrogen-bond acceptors (Lipinski definition) is 4. The molecular weight excluding hydrogens is 373 g/mol. The first-order valence-electron chi connectivity index (χ1n) is 9.82. The molecule has 0 spiro atoms. The summed E-state index contributed by atoms with van der Waals surface area (Å²) in [6.45, 7) is 4.76. The van der Waals surface area contributed by atoms with E-state index < -0.39 is 5.92 Å². The van der Waals surface area contributed by atoms with Crippen molar-refractivity contribution in [1.82, 2.24) is 0 Å². The average Bonchev–Trinajstić information content (AvgIpc) is 3.13. The number of hydrogen-bond donors (Lipinski definition) is 1. The molecule has 2 saturated heterocycles. The van der Waals surface area contributed by atoms with Gasteiger partial charge in [-0.15, -0.1) is 0 Å². The molecule has 1 unspecified atom stereocenters. The Balaban J connectivity index is 1.47. The standard InChI is InChI=1S/C22H24FN3O3/c1-15-6-7-17(13-18(15)23)26-14-16(12-21(26)27)22(28)24-19-4-2-3-5-20(19)25-8-10-29-11-9-25/h2-7,13,16H,8-12,14H2,1H3,(H,24,28). The second kappa shape index (κ2) is 8.21. The number of carbonyl (C=O) groups is 2. The molecule has 152 valence electrons. The van der Waals surface area contributed by atoms with Gasteiger partial charge in [0.05, 0.1) is 30.5 Å². The fraction of sp³-hybridized carbons (Fsp3) is 0.364. The second-order valence-corrected chi connectivity index (χ2v) is 7.44. The third-order valence-corrected chi connectivity index (χ3v) is 5.48. The zero-order chi connectivity index (χ0) is 20.4. The van der Waals surface area contributed by atoms with Gasteiger partial charge in [-0.05, 0) is 36.8 Å². The van der Waals surface area contributed by atoms with Gasteiger partial charge in [0.25, 0.3) is 0 Å². The number of rotatable bonds is 4. The van der Waals surface area contributed by atoms with Crippen LogP contribution in [0, 0.1) is 18.7 Å². The van der Waals surface area contributed by atoms with Gasteiger partial charge in [-0.1, -0.05) is 18.2 Å². The van der Waals surface area contributed by atoms with Gasteiger partial charge in [0.15, 0.2) is 0 Å². The van der Waals surface area contributed by atoms with Crippen LogP contribution in [0.1, 0.15) is 12.0 Å². The lowest BCUT2D eigenvalue weighted by Gasteiger charge is -2.30. The number of nitrogens with zero attached hydrogens (tertiary/aromatic N) is 2. The van der Waals surface area contributed by atoms with E-state index in [1.165, 1.54) is 11.0 Å². The summed E-state index contributed by atoms with van der Waals surface area (Å²) in [7, 11) is 0. The number of anilines is 3. The highest BCUT2D eigenvalue weighted by molar-refractivity contribution is 6.04. The van der Waals surface area contributed by atoms with Crippen LogP contribution in [-0.4, -0.2) is 44.7 Å². The first kappa shape index (κ1) is 19.4. The van der Waals surface area contributed by atoms with Gasteiger partial charge in [-0.3, -0.25) is 9.59 Å². The molecule has 1 atom stereocenters. The van der Waals surface area contributed by atoms with Crippen molar-refractivity contribution in [3.05, 3.63) is 53.8 Å². The number of halogens is 1. The third-order valence-electron chi connectivity index (χ3n) is 5.48. The molecule has 2 heterocycles.